The number of nitriles is 1. The van der Waals surface area contributed by atoms with Gasteiger partial charge in [0.2, 0.25) is 0 Å². The summed E-state index contributed by atoms with van der Waals surface area (Å²) in [5.74, 6) is 0. The number of nitrogens with zero attached hydrogens (tertiary/aromatic N) is 2. The van der Waals surface area contributed by atoms with Gasteiger partial charge in [0.05, 0.1) is 6.07 Å². The monoisotopic (exact) mass is 304 g/mol. The molecular weight excluding hydrogens is 288 g/mol. The molecule has 3 aromatic rings. The Kier molecular flexibility index (Phi) is 3.42. The highest BCUT2D eigenvalue weighted by Gasteiger charge is 2.26. The van der Waals surface area contributed by atoms with Gasteiger partial charge in [0.15, 0.2) is 0 Å². The number of benzene rings is 2. The van der Waals surface area contributed by atoms with Gasteiger partial charge in [-0.05, 0) is 39.8 Å². The van der Waals surface area contributed by atoms with Gasteiger partial charge in [0, 0.05) is 18.0 Å². The Morgan fingerprint density at radius 2 is 1.95 bits per heavy atom. The van der Waals surface area contributed by atoms with Crippen LogP contribution in [-0.2, 0) is 13.0 Å². The maximum absolute atomic E-state index is 9.80. The van der Waals surface area contributed by atoms with E-state index in [0.717, 1.165) is 25.1 Å². The summed E-state index contributed by atoms with van der Waals surface area (Å²) in [5, 5.41) is 14.4. The Labute approximate surface area is 134 Å². The van der Waals surface area contributed by atoms with Crippen LogP contribution in [0.2, 0.25) is 0 Å². The largest absolute Gasteiger partial charge is 0.280 e. The number of fused-ring (bicyclic) bond motifs is 2. The molecular formula is C19H16N2S. The van der Waals surface area contributed by atoms with Gasteiger partial charge >= 0.3 is 0 Å². The van der Waals surface area contributed by atoms with Crippen molar-refractivity contribution in [2.45, 2.75) is 19.0 Å². The van der Waals surface area contributed by atoms with Gasteiger partial charge in [-0.25, -0.2) is 0 Å². The number of thiophene rings is 1. The molecule has 108 valence electrons. The molecule has 0 amide bonds. The fraction of sp³-hybridized carbons (Fsp3) is 0.211. The molecule has 0 spiro atoms. The van der Waals surface area contributed by atoms with Crippen molar-refractivity contribution >= 4 is 22.1 Å². The van der Waals surface area contributed by atoms with Gasteiger partial charge in [-0.3, -0.25) is 4.90 Å². The predicted molar refractivity (Wildman–Crippen MR) is 90.7 cm³/mol. The maximum atomic E-state index is 9.80. The van der Waals surface area contributed by atoms with Crippen LogP contribution in [0.3, 0.4) is 0 Å². The standard InChI is InChI=1S/C19H16N2S/c20-12-18(21-10-8-19-15(13-21)9-11-22-19)17-7-3-5-14-4-1-2-6-16(14)17/h1-7,9,11,18H,8,10,13H2. The third-order valence-electron chi connectivity index (χ3n) is 4.44. The third-order valence-corrected chi connectivity index (χ3v) is 5.47. The lowest BCUT2D eigenvalue weighted by molar-refractivity contribution is 0.219. The quantitative estimate of drug-likeness (QED) is 0.696. The molecule has 2 nitrogen and oxygen atoms in total. The maximum Gasteiger partial charge on any atom is 0.124 e. The van der Waals surface area contributed by atoms with Crippen LogP contribution in [0.5, 0.6) is 0 Å². The van der Waals surface area contributed by atoms with Crippen molar-refractivity contribution in [1.82, 2.24) is 4.90 Å². The zero-order valence-electron chi connectivity index (χ0n) is 12.2. The molecule has 1 aliphatic heterocycles. The van der Waals surface area contributed by atoms with Crippen LogP contribution in [0, 0.1) is 11.3 Å². The lowest BCUT2D eigenvalue weighted by Crippen LogP contribution is -2.33. The first-order valence-corrected chi connectivity index (χ1v) is 8.41. The second kappa shape index (κ2) is 5.57. The normalized spacial score (nSPS) is 16.1. The van der Waals surface area contributed by atoms with E-state index in [4.69, 9.17) is 0 Å². The summed E-state index contributed by atoms with van der Waals surface area (Å²) < 4.78 is 0. The van der Waals surface area contributed by atoms with Gasteiger partial charge in [-0.2, -0.15) is 5.26 Å². The second-order valence-corrected chi connectivity index (χ2v) is 6.69. The van der Waals surface area contributed by atoms with E-state index in [0.29, 0.717) is 0 Å². The highest BCUT2D eigenvalue weighted by molar-refractivity contribution is 7.10. The molecule has 2 heterocycles. The van der Waals surface area contributed by atoms with Gasteiger partial charge in [0.25, 0.3) is 0 Å². The van der Waals surface area contributed by atoms with Crippen LogP contribution in [0.15, 0.2) is 53.9 Å². The second-order valence-electron chi connectivity index (χ2n) is 5.69. The zero-order valence-corrected chi connectivity index (χ0v) is 13.0. The first-order chi connectivity index (χ1) is 10.9. The first kappa shape index (κ1) is 13.5. The smallest absolute Gasteiger partial charge is 0.124 e. The van der Waals surface area contributed by atoms with Crippen LogP contribution in [0.1, 0.15) is 22.0 Å². The first-order valence-electron chi connectivity index (χ1n) is 7.53. The van der Waals surface area contributed by atoms with Crippen molar-refractivity contribution in [1.29, 1.82) is 5.26 Å². The summed E-state index contributed by atoms with van der Waals surface area (Å²) in [7, 11) is 0. The Morgan fingerprint density at radius 1 is 1.09 bits per heavy atom. The van der Waals surface area contributed by atoms with Crippen LogP contribution >= 0.6 is 11.3 Å². The molecule has 0 saturated heterocycles. The number of rotatable bonds is 2. The summed E-state index contributed by atoms with van der Waals surface area (Å²) in [6.45, 7) is 1.83. The Morgan fingerprint density at radius 3 is 2.86 bits per heavy atom. The minimum atomic E-state index is -0.181. The fourth-order valence-electron chi connectivity index (χ4n) is 3.33. The lowest BCUT2D eigenvalue weighted by atomic mass is 9.97. The molecule has 1 atom stereocenters. The minimum absolute atomic E-state index is 0.181. The van der Waals surface area contributed by atoms with E-state index < -0.39 is 0 Å². The van der Waals surface area contributed by atoms with Crippen molar-refractivity contribution in [2.24, 2.45) is 0 Å². The van der Waals surface area contributed by atoms with E-state index in [1.165, 1.54) is 21.2 Å². The van der Waals surface area contributed by atoms with Crippen LogP contribution in [0.4, 0.5) is 0 Å². The Bertz CT molecular complexity index is 854. The Hall–Kier alpha value is -2.15. The summed E-state index contributed by atoms with van der Waals surface area (Å²) in [6, 6.07) is 19.1. The van der Waals surface area contributed by atoms with Gasteiger partial charge in [0.1, 0.15) is 6.04 Å². The summed E-state index contributed by atoms with van der Waals surface area (Å²) in [5.41, 5.74) is 2.51. The molecule has 0 aliphatic carbocycles. The van der Waals surface area contributed by atoms with E-state index in [9.17, 15) is 5.26 Å². The van der Waals surface area contributed by atoms with E-state index >= 15 is 0 Å². The SMILES string of the molecule is N#CC(c1cccc2ccccc12)N1CCc2sccc2C1. The summed E-state index contributed by atoms with van der Waals surface area (Å²) in [6.07, 6.45) is 1.05. The molecule has 0 N–H and O–H groups in total. The van der Waals surface area contributed by atoms with Crippen molar-refractivity contribution in [3.63, 3.8) is 0 Å². The van der Waals surface area contributed by atoms with Crippen molar-refractivity contribution in [3.05, 3.63) is 69.9 Å². The van der Waals surface area contributed by atoms with Gasteiger partial charge in [-0.1, -0.05) is 42.5 Å². The van der Waals surface area contributed by atoms with Crippen molar-refractivity contribution < 1.29 is 0 Å². The van der Waals surface area contributed by atoms with Crippen molar-refractivity contribution in [3.8, 4) is 6.07 Å². The molecule has 0 fully saturated rings. The minimum Gasteiger partial charge on any atom is -0.280 e. The summed E-state index contributed by atoms with van der Waals surface area (Å²) >= 11 is 1.84. The third kappa shape index (κ3) is 2.21. The van der Waals surface area contributed by atoms with Crippen LogP contribution in [0.25, 0.3) is 10.8 Å². The molecule has 4 rings (SSSR count). The highest BCUT2D eigenvalue weighted by Crippen LogP contribution is 2.33. The van der Waals surface area contributed by atoms with E-state index in [1.807, 2.05) is 23.5 Å². The van der Waals surface area contributed by atoms with E-state index in [-0.39, 0.29) is 6.04 Å². The average molecular weight is 304 g/mol. The topological polar surface area (TPSA) is 27.0 Å². The lowest BCUT2D eigenvalue weighted by Gasteiger charge is -2.31. The van der Waals surface area contributed by atoms with Crippen LogP contribution < -0.4 is 0 Å². The highest BCUT2D eigenvalue weighted by atomic mass is 32.1. The molecule has 1 aromatic heterocycles. The van der Waals surface area contributed by atoms with E-state index in [2.05, 4.69) is 52.7 Å². The Balaban J connectivity index is 1.75. The zero-order chi connectivity index (χ0) is 14.9. The molecule has 3 heteroatoms. The molecule has 0 bridgehead atoms. The molecule has 0 saturated carbocycles. The average Bonchev–Trinajstić information content (AvgIpc) is 3.03. The van der Waals surface area contributed by atoms with Crippen LogP contribution in [-0.4, -0.2) is 11.4 Å². The summed E-state index contributed by atoms with van der Waals surface area (Å²) in [4.78, 5) is 3.78. The van der Waals surface area contributed by atoms with Gasteiger partial charge in [-0.15, -0.1) is 11.3 Å². The van der Waals surface area contributed by atoms with Crippen molar-refractivity contribution in [2.75, 3.05) is 6.54 Å². The molecule has 0 radical (unpaired) electrons. The predicted octanol–water partition coefficient (Wildman–Crippen LogP) is 4.52. The van der Waals surface area contributed by atoms with Gasteiger partial charge < -0.3 is 0 Å². The molecule has 1 unspecified atom stereocenters. The number of hydrogen-bond acceptors (Lipinski definition) is 3. The molecule has 22 heavy (non-hydrogen) atoms. The molecule has 1 aliphatic rings. The number of hydrogen-bond donors (Lipinski definition) is 0. The van der Waals surface area contributed by atoms with E-state index in [1.54, 1.807) is 0 Å². The molecule has 2 aromatic carbocycles. The fourth-order valence-corrected chi connectivity index (χ4v) is 4.22.